The molecule has 3 heterocycles. The van der Waals surface area contributed by atoms with Gasteiger partial charge in [-0.15, -0.1) is 0 Å². The zero-order chi connectivity index (χ0) is 31.5. The van der Waals surface area contributed by atoms with Gasteiger partial charge in [0.1, 0.15) is 11.5 Å². The number of rotatable bonds is 7. The molecule has 8 nitrogen and oxygen atoms in total. The van der Waals surface area contributed by atoms with Gasteiger partial charge >= 0.3 is 0 Å². The number of nitrogens with one attached hydrogen (secondary N) is 1. The van der Waals surface area contributed by atoms with E-state index < -0.39 is 28.3 Å². The lowest BCUT2D eigenvalue weighted by molar-refractivity contribution is -0.384. The molecule has 3 aliphatic rings. The number of amides is 1. The molecule has 1 fully saturated rings. The van der Waals surface area contributed by atoms with Gasteiger partial charge in [-0.05, 0) is 53.3 Å². The van der Waals surface area contributed by atoms with E-state index in [1.54, 1.807) is 12.1 Å². The second-order valence-electron chi connectivity index (χ2n) is 12.4. The van der Waals surface area contributed by atoms with Crippen LogP contribution in [0.1, 0.15) is 51.3 Å². The second kappa shape index (κ2) is 10.7. The molecule has 45 heavy (non-hydrogen) atoms. The van der Waals surface area contributed by atoms with Gasteiger partial charge in [-0.25, -0.2) is 0 Å². The predicted molar refractivity (Wildman–Crippen MR) is 173 cm³/mol. The standard InChI is InChI=1S/C37H31N3O5/c1-22(2)21-23-11-13-25(14-12-23)34(41)32-33(35(42)26-15-18-27(19-16-26)40(44)45)39-30-10-6-3-7-24(30)17-20-31(39)37(32)28-8-4-5-9-29(28)38-36(37)43/h3-20,22,31-33H,21H2,1-2H3,(H,38,43)/t31-,32+,33+,37-/m1/s1. The lowest BCUT2D eigenvalue weighted by Crippen LogP contribution is -2.51. The number of para-hydroxylation sites is 2. The van der Waals surface area contributed by atoms with E-state index in [0.29, 0.717) is 22.7 Å². The minimum atomic E-state index is -1.42. The highest BCUT2D eigenvalue weighted by Gasteiger charge is 2.70. The minimum Gasteiger partial charge on any atom is -0.352 e. The molecule has 0 radical (unpaired) electrons. The number of carbonyl (C=O) groups is 3. The number of non-ortho nitro benzene ring substituents is 1. The molecule has 7 rings (SSSR count). The van der Waals surface area contributed by atoms with Crippen LogP contribution in [0.5, 0.6) is 0 Å². The molecule has 1 amide bonds. The van der Waals surface area contributed by atoms with Crippen molar-refractivity contribution in [2.75, 3.05) is 10.2 Å². The maximum absolute atomic E-state index is 15.0. The van der Waals surface area contributed by atoms with E-state index in [1.165, 1.54) is 24.3 Å². The quantitative estimate of drug-likeness (QED) is 0.145. The SMILES string of the molecule is CC(C)Cc1ccc(C(=O)[C@@H]2[C@@H](C(=O)c3ccc([N+](=O)[O-])cc3)N3c4ccccc4C=C[C@@H]3[C@@]23C(=O)Nc2ccccc23)cc1. The minimum absolute atomic E-state index is 0.142. The second-order valence-corrected chi connectivity index (χ2v) is 12.4. The van der Waals surface area contributed by atoms with Crippen LogP contribution in [0, 0.1) is 22.0 Å². The summed E-state index contributed by atoms with van der Waals surface area (Å²) >= 11 is 0. The topological polar surface area (TPSA) is 110 Å². The van der Waals surface area contributed by atoms with Crippen molar-refractivity contribution in [2.45, 2.75) is 37.8 Å². The molecule has 224 valence electrons. The normalized spacial score (nSPS) is 22.6. The molecule has 4 atom stereocenters. The molecule has 0 saturated carbocycles. The molecule has 4 aromatic carbocycles. The fourth-order valence-electron chi connectivity index (χ4n) is 7.49. The van der Waals surface area contributed by atoms with E-state index in [4.69, 9.17) is 0 Å². The van der Waals surface area contributed by atoms with Crippen molar-refractivity contribution in [1.29, 1.82) is 0 Å². The van der Waals surface area contributed by atoms with Gasteiger partial charge in [0.05, 0.1) is 16.9 Å². The molecule has 1 spiro atoms. The van der Waals surface area contributed by atoms with Crippen molar-refractivity contribution in [3.8, 4) is 0 Å². The molecule has 0 aromatic heterocycles. The van der Waals surface area contributed by atoms with Gasteiger partial charge in [0.2, 0.25) is 5.91 Å². The molecule has 1 N–H and O–H groups in total. The highest BCUT2D eigenvalue weighted by atomic mass is 16.6. The van der Waals surface area contributed by atoms with Crippen molar-refractivity contribution in [2.24, 2.45) is 11.8 Å². The average Bonchev–Trinajstić information content (AvgIpc) is 3.52. The fourth-order valence-corrected chi connectivity index (χ4v) is 7.49. The van der Waals surface area contributed by atoms with Gasteiger partial charge in [-0.1, -0.05) is 86.7 Å². The summed E-state index contributed by atoms with van der Waals surface area (Å²) in [5.41, 5.74) is 3.07. The number of anilines is 2. The Morgan fingerprint density at radius 2 is 1.53 bits per heavy atom. The Balaban J connectivity index is 1.47. The van der Waals surface area contributed by atoms with Crippen LogP contribution in [0.25, 0.3) is 6.08 Å². The van der Waals surface area contributed by atoms with Crippen LogP contribution in [-0.4, -0.2) is 34.5 Å². The Hall–Kier alpha value is -5.37. The van der Waals surface area contributed by atoms with Gasteiger partial charge in [0, 0.05) is 34.6 Å². The van der Waals surface area contributed by atoms with E-state index in [0.717, 1.165) is 23.2 Å². The first-order valence-corrected chi connectivity index (χ1v) is 15.1. The molecular weight excluding hydrogens is 566 g/mol. The number of ketones is 2. The summed E-state index contributed by atoms with van der Waals surface area (Å²) in [7, 11) is 0. The maximum atomic E-state index is 15.0. The van der Waals surface area contributed by atoms with Crippen LogP contribution >= 0.6 is 0 Å². The highest BCUT2D eigenvalue weighted by Crippen LogP contribution is 2.58. The average molecular weight is 598 g/mol. The van der Waals surface area contributed by atoms with E-state index in [2.05, 4.69) is 19.2 Å². The van der Waals surface area contributed by atoms with Crippen molar-refractivity contribution in [3.63, 3.8) is 0 Å². The Labute approximate surface area is 260 Å². The summed E-state index contributed by atoms with van der Waals surface area (Å²) in [6.45, 7) is 4.26. The first-order valence-electron chi connectivity index (χ1n) is 15.1. The van der Waals surface area contributed by atoms with Crippen LogP contribution in [0.15, 0.2) is 103 Å². The molecule has 1 saturated heterocycles. The number of Topliss-reactive ketones (excluding diaryl/α,β-unsaturated/α-hetero) is 2. The van der Waals surface area contributed by atoms with Crippen LogP contribution in [-0.2, 0) is 16.6 Å². The molecule has 8 heteroatoms. The molecule has 0 unspecified atom stereocenters. The number of hydrogen-bond donors (Lipinski definition) is 1. The Kier molecular flexibility index (Phi) is 6.73. The van der Waals surface area contributed by atoms with Gasteiger partial charge in [0.15, 0.2) is 11.6 Å². The summed E-state index contributed by atoms with van der Waals surface area (Å²) in [4.78, 5) is 57.0. The van der Waals surface area contributed by atoms with Gasteiger partial charge in [-0.3, -0.25) is 24.5 Å². The van der Waals surface area contributed by atoms with Crippen LogP contribution in [0.3, 0.4) is 0 Å². The third kappa shape index (κ3) is 4.31. The number of fused-ring (bicyclic) bond motifs is 6. The van der Waals surface area contributed by atoms with Crippen molar-refractivity contribution >= 4 is 40.6 Å². The largest absolute Gasteiger partial charge is 0.352 e. The Morgan fingerprint density at radius 1 is 0.889 bits per heavy atom. The van der Waals surface area contributed by atoms with Crippen LogP contribution in [0.4, 0.5) is 17.1 Å². The fraction of sp³-hybridized carbons (Fsp3) is 0.216. The van der Waals surface area contributed by atoms with E-state index >= 15 is 0 Å². The highest BCUT2D eigenvalue weighted by molar-refractivity contribution is 6.18. The summed E-state index contributed by atoms with van der Waals surface area (Å²) < 4.78 is 0. The molecule has 3 aliphatic heterocycles. The third-order valence-corrected chi connectivity index (χ3v) is 9.34. The summed E-state index contributed by atoms with van der Waals surface area (Å²) in [6.07, 6.45) is 4.74. The predicted octanol–water partition coefficient (Wildman–Crippen LogP) is 6.65. The van der Waals surface area contributed by atoms with Crippen molar-refractivity contribution in [3.05, 3.63) is 141 Å². The Bertz CT molecular complexity index is 1900. The maximum Gasteiger partial charge on any atom is 0.269 e. The molecule has 0 aliphatic carbocycles. The Morgan fingerprint density at radius 3 is 2.24 bits per heavy atom. The summed E-state index contributed by atoms with van der Waals surface area (Å²) in [5, 5.41) is 14.4. The third-order valence-electron chi connectivity index (χ3n) is 9.34. The summed E-state index contributed by atoms with van der Waals surface area (Å²) in [5.74, 6) is -1.70. The van der Waals surface area contributed by atoms with E-state index in [-0.39, 0.29) is 28.7 Å². The van der Waals surface area contributed by atoms with Crippen molar-refractivity contribution < 1.29 is 19.3 Å². The summed E-state index contributed by atoms with van der Waals surface area (Å²) in [6, 6.07) is 26.2. The molecular formula is C37H31N3O5. The zero-order valence-corrected chi connectivity index (χ0v) is 24.8. The van der Waals surface area contributed by atoms with Gasteiger partial charge in [0.25, 0.3) is 5.69 Å². The van der Waals surface area contributed by atoms with Crippen LogP contribution < -0.4 is 10.2 Å². The first-order chi connectivity index (χ1) is 21.7. The monoisotopic (exact) mass is 597 g/mol. The lowest BCUT2D eigenvalue weighted by atomic mass is 9.64. The zero-order valence-electron chi connectivity index (χ0n) is 24.8. The van der Waals surface area contributed by atoms with Gasteiger partial charge < -0.3 is 10.2 Å². The number of hydrogen-bond acceptors (Lipinski definition) is 6. The number of carbonyl (C=O) groups excluding carboxylic acids is 3. The lowest BCUT2D eigenvalue weighted by Gasteiger charge is -2.37. The van der Waals surface area contributed by atoms with Gasteiger partial charge in [-0.2, -0.15) is 0 Å². The number of benzene rings is 4. The van der Waals surface area contributed by atoms with Crippen molar-refractivity contribution in [1.82, 2.24) is 0 Å². The number of nitro groups is 1. The number of nitrogens with zero attached hydrogens (tertiary/aromatic N) is 2. The van der Waals surface area contributed by atoms with E-state index in [9.17, 15) is 24.5 Å². The molecule has 4 aromatic rings. The first kappa shape index (κ1) is 28.4. The van der Waals surface area contributed by atoms with E-state index in [1.807, 2.05) is 77.7 Å². The van der Waals surface area contributed by atoms with Crippen LogP contribution in [0.2, 0.25) is 0 Å². The number of nitro benzene ring substituents is 1. The smallest absolute Gasteiger partial charge is 0.269 e. The molecule has 0 bridgehead atoms.